The number of carboxylic acids is 1. The van der Waals surface area contributed by atoms with Crippen LogP contribution >= 0.6 is 11.3 Å². The largest absolute Gasteiger partial charge is 0.481 e. The maximum atomic E-state index is 12.2. The molecule has 5 heteroatoms. The van der Waals surface area contributed by atoms with Crippen LogP contribution < -0.4 is 0 Å². The van der Waals surface area contributed by atoms with Gasteiger partial charge in [0.05, 0.1) is 6.42 Å². The van der Waals surface area contributed by atoms with Gasteiger partial charge in [-0.1, -0.05) is 0 Å². The summed E-state index contributed by atoms with van der Waals surface area (Å²) < 4.78 is 0. The van der Waals surface area contributed by atoms with E-state index in [1.54, 1.807) is 16.2 Å². The van der Waals surface area contributed by atoms with E-state index in [-0.39, 0.29) is 18.4 Å². The van der Waals surface area contributed by atoms with Crippen molar-refractivity contribution in [2.45, 2.75) is 51.5 Å². The Morgan fingerprint density at radius 1 is 1.45 bits per heavy atom. The first-order valence-electron chi connectivity index (χ1n) is 7.13. The van der Waals surface area contributed by atoms with Gasteiger partial charge in [0.2, 0.25) is 5.91 Å². The zero-order chi connectivity index (χ0) is 14.5. The van der Waals surface area contributed by atoms with E-state index in [1.807, 2.05) is 0 Å². The van der Waals surface area contributed by atoms with Crippen molar-refractivity contribution >= 4 is 23.2 Å². The number of aryl methyl sites for hydroxylation is 2. The summed E-state index contributed by atoms with van der Waals surface area (Å²) in [7, 11) is 0. The summed E-state index contributed by atoms with van der Waals surface area (Å²) in [5, 5.41) is 8.86. The Balaban J connectivity index is 1.77. The number of rotatable bonds is 6. The van der Waals surface area contributed by atoms with Crippen LogP contribution in [0.5, 0.6) is 0 Å². The molecule has 1 aliphatic heterocycles. The number of hydrogen-bond donors (Lipinski definition) is 1. The molecule has 0 aromatic carbocycles. The van der Waals surface area contributed by atoms with Gasteiger partial charge >= 0.3 is 5.97 Å². The highest BCUT2D eigenvalue weighted by Crippen LogP contribution is 2.22. The monoisotopic (exact) mass is 295 g/mol. The van der Waals surface area contributed by atoms with Crippen LogP contribution in [-0.2, 0) is 16.0 Å². The van der Waals surface area contributed by atoms with Crippen molar-refractivity contribution in [2.24, 2.45) is 0 Å². The first-order chi connectivity index (χ1) is 9.56. The van der Waals surface area contributed by atoms with Gasteiger partial charge < -0.3 is 10.0 Å². The molecule has 1 N–H and O–H groups in total. The molecular formula is C15H21NO3S. The van der Waals surface area contributed by atoms with Gasteiger partial charge in [-0.25, -0.2) is 0 Å². The van der Waals surface area contributed by atoms with Gasteiger partial charge in [-0.3, -0.25) is 9.59 Å². The number of carboxylic acid groups (broad SMARTS) is 1. The number of thiophene rings is 1. The number of carbonyl (C=O) groups is 2. The van der Waals surface area contributed by atoms with Crippen molar-refractivity contribution in [3.63, 3.8) is 0 Å². The lowest BCUT2D eigenvalue weighted by Gasteiger charge is -2.23. The Hall–Kier alpha value is -1.36. The molecule has 0 aliphatic carbocycles. The van der Waals surface area contributed by atoms with Crippen molar-refractivity contribution in [2.75, 3.05) is 6.54 Å². The van der Waals surface area contributed by atoms with Gasteiger partial charge in [-0.15, -0.1) is 11.3 Å². The molecule has 1 unspecified atom stereocenters. The molecule has 110 valence electrons. The van der Waals surface area contributed by atoms with Crippen molar-refractivity contribution in [1.29, 1.82) is 0 Å². The first kappa shape index (κ1) is 15.0. The molecule has 1 saturated heterocycles. The second kappa shape index (κ2) is 6.88. The van der Waals surface area contributed by atoms with Crippen LogP contribution in [0, 0.1) is 6.92 Å². The van der Waals surface area contributed by atoms with Crippen molar-refractivity contribution in [1.82, 2.24) is 4.90 Å². The van der Waals surface area contributed by atoms with E-state index in [2.05, 4.69) is 19.1 Å². The smallest absolute Gasteiger partial charge is 0.305 e. The second-order valence-corrected chi connectivity index (χ2v) is 6.72. The predicted molar refractivity (Wildman–Crippen MR) is 79.0 cm³/mol. The highest BCUT2D eigenvalue weighted by molar-refractivity contribution is 7.11. The fourth-order valence-electron chi connectivity index (χ4n) is 2.75. The normalized spacial score (nSPS) is 18.4. The minimum absolute atomic E-state index is 0.0792. The third-order valence-corrected chi connectivity index (χ3v) is 4.78. The van der Waals surface area contributed by atoms with Crippen molar-refractivity contribution in [3.8, 4) is 0 Å². The van der Waals surface area contributed by atoms with Gasteiger partial charge in [0.15, 0.2) is 0 Å². The molecule has 4 nitrogen and oxygen atoms in total. The van der Waals surface area contributed by atoms with Gasteiger partial charge in [0, 0.05) is 28.8 Å². The Morgan fingerprint density at radius 2 is 2.25 bits per heavy atom. The van der Waals surface area contributed by atoms with Crippen LogP contribution in [0.4, 0.5) is 0 Å². The number of nitrogens with zero attached hydrogens (tertiary/aromatic N) is 1. The SMILES string of the molecule is Cc1ccc(CCCC(=O)N2CCCC2CC(=O)O)s1. The third-order valence-electron chi connectivity index (χ3n) is 3.72. The molecule has 1 amide bonds. The molecule has 2 rings (SSSR count). The molecule has 1 fully saturated rings. The minimum atomic E-state index is -0.816. The van der Waals surface area contributed by atoms with Crippen LogP contribution in [0.2, 0.25) is 0 Å². The Kier molecular flexibility index (Phi) is 5.17. The minimum Gasteiger partial charge on any atom is -0.481 e. The summed E-state index contributed by atoms with van der Waals surface area (Å²) in [4.78, 5) is 27.3. The first-order valence-corrected chi connectivity index (χ1v) is 7.94. The average Bonchev–Trinajstić information content (AvgIpc) is 2.98. The fraction of sp³-hybridized carbons (Fsp3) is 0.600. The van der Waals surface area contributed by atoms with Gasteiger partial charge in [-0.05, 0) is 44.7 Å². The Morgan fingerprint density at radius 3 is 2.90 bits per heavy atom. The van der Waals surface area contributed by atoms with Gasteiger partial charge in [-0.2, -0.15) is 0 Å². The number of likely N-dealkylation sites (tertiary alicyclic amines) is 1. The van der Waals surface area contributed by atoms with Crippen LogP contribution in [-0.4, -0.2) is 34.5 Å². The predicted octanol–water partition coefficient (Wildman–Crippen LogP) is 2.84. The van der Waals surface area contributed by atoms with E-state index >= 15 is 0 Å². The second-order valence-electron chi connectivity index (χ2n) is 5.35. The lowest BCUT2D eigenvalue weighted by atomic mass is 10.1. The zero-order valence-corrected chi connectivity index (χ0v) is 12.6. The molecule has 0 radical (unpaired) electrons. The average molecular weight is 295 g/mol. The van der Waals surface area contributed by atoms with E-state index in [9.17, 15) is 9.59 Å². The van der Waals surface area contributed by atoms with Gasteiger partial charge in [0.1, 0.15) is 0 Å². The summed E-state index contributed by atoms with van der Waals surface area (Å²) in [5.41, 5.74) is 0. The van der Waals surface area contributed by atoms with E-state index in [1.165, 1.54) is 9.75 Å². The molecule has 0 spiro atoms. The molecule has 0 saturated carbocycles. The molecule has 2 heterocycles. The molecule has 1 aromatic heterocycles. The summed E-state index contributed by atoms with van der Waals surface area (Å²) in [6.45, 7) is 2.80. The third kappa shape index (κ3) is 4.07. The molecular weight excluding hydrogens is 274 g/mol. The molecule has 1 atom stereocenters. The summed E-state index contributed by atoms with van der Waals surface area (Å²) >= 11 is 1.78. The highest BCUT2D eigenvalue weighted by atomic mass is 32.1. The number of carbonyl (C=O) groups excluding carboxylic acids is 1. The Bertz CT molecular complexity index is 483. The zero-order valence-electron chi connectivity index (χ0n) is 11.8. The van der Waals surface area contributed by atoms with E-state index < -0.39 is 5.97 Å². The van der Waals surface area contributed by atoms with Crippen LogP contribution in [0.25, 0.3) is 0 Å². The summed E-state index contributed by atoms with van der Waals surface area (Å²) in [6.07, 6.45) is 4.12. The topological polar surface area (TPSA) is 57.6 Å². The Labute approximate surface area is 123 Å². The van der Waals surface area contributed by atoms with Crippen molar-refractivity contribution in [3.05, 3.63) is 21.9 Å². The van der Waals surface area contributed by atoms with E-state index in [0.29, 0.717) is 6.42 Å². The van der Waals surface area contributed by atoms with Crippen LogP contribution in [0.1, 0.15) is 41.9 Å². The lowest BCUT2D eigenvalue weighted by Crippen LogP contribution is -2.36. The van der Waals surface area contributed by atoms with Crippen LogP contribution in [0.15, 0.2) is 12.1 Å². The highest BCUT2D eigenvalue weighted by Gasteiger charge is 2.29. The van der Waals surface area contributed by atoms with E-state index in [4.69, 9.17) is 5.11 Å². The van der Waals surface area contributed by atoms with Crippen LogP contribution in [0.3, 0.4) is 0 Å². The summed E-state index contributed by atoms with van der Waals surface area (Å²) in [6, 6.07) is 4.13. The standard InChI is InChI=1S/C15H21NO3S/c1-11-7-8-13(20-11)5-2-6-14(17)16-9-3-4-12(16)10-15(18)19/h7-8,12H,2-6,9-10H2,1H3,(H,18,19). The molecule has 1 aromatic rings. The number of hydrogen-bond acceptors (Lipinski definition) is 3. The maximum absolute atomic E-state index is 12.2. The quantitative estimate of drug-likeness (QED) is 0.878. The molecule has 0 bridgehead atoms. The number of amides is 1. The van der Waals surface area contributed by atoms with E-state index in [0.717, 1.165) is 32.2 Å². The fourth-order valence-corrected chi connectivity index (χ4v) is 3.69. The maximum Gasteiger partial charge on any atom is 0.305 e. The van der Waals surface area contributed by atoms with Gasteiger partial charge in [0.25, 0.3) is 0 Å². The lowest BCUT2D eigenvalue weighted by molar-refractivity contribution is -0.139. The summed E-state index contributed by atoms with van der Waals surface area (Å²) in [5.74, 6) is -0.703. The molecule has 1 aliphatic rings. The van der Waals surface area contributed by atoms with Crippen molar-refractivity contribution < 1.29 is 14.7 Å². The number of aliphatic carboxylic acids is 1. The molecule has 20 heavy (non-hydrogen) atoms.